The predicted octanol–water partition coefficient (Wildman–Crippen LogP) is 3.37. The summed E-state index contributed by atoms with van der Waals surface area (Å²) in [6.07, 6.45) is 10.2. The minimum absolute atomic E-state index is 0.0453. The fourth-order valence-electron chi connectivity index (χ4n) is 4.44. The van der Waals surface area contributed by atoms with Crippen molar-refractivity contribution < 1.29 is 4.79 Å². The highest BCUT2D eigenvalue weighted by atomic mass is 32.2. The van der Waals surface area contributed by atoms with Crippen LogP contribution in [0.5, 0.6) is 0 Å². The third-order valence-electron chi connectivity index (χ3n) is 5.97. The average Bonchev–Trinajstić information content (AvgIpc) is 3.50. The maximum absolute atomic E-state index is 13.4. The van der Waals surface area contributed by atoms with E-state index in [9.17, 15) is 4.79 Å². The van der Waals surface area contributed by atoms with Gasteiger partial charge in [0.05, 0.1) is 16.6 Å². The van der Waals surface area contributed by atoms with Crippen molar-refractivity contribution in [3.63, 3.8) is 0 Å². The van der Waals surface area contributed by atoms with Gasteiger partial charge in [-0.25, -0.2) is 9.97 Å². The lowest BCUT2D eigenvalue weighted by Crippen LogP contribution is -2.57. The molecule has 1 aliphatic carbocycles. The van der Waals surface area contributed by atoms with Crippen molar-refractivity contribution in [3.8, 4) is 0 Å². The number of nitrogens with two attached hydrogens (primary N) is 1. The quantitative estimate of drug-likeness (QED) is 0.526. The van der Waals surface area contributed by atoms with Crippen molar-refractivity contribution >= 4 is 51.8 Å². The molecule has 9 nitrogen and oxygen atoms in total. The fourth-order valence-corrected chi connectivity index (χ4v) is 5.53. The molecule has 166 valence electrons. The molecule has 3 aromatic rings. The minimum Gasteiger partial charge on any atom is -0.339 e. The summed E-state index contributed by atoms with van der Waals surface area (Å²) in [5.41, 5.74) is 1.62. The Morgan fingerprint density at radius 3 is 2.78 bits per heavy atom. The fraction of sp³-hybridized carbons (Fsp3) is 0.381. The molecule has 0 aromatic carbocycles. The Balaban J connectivity index is 1.53. The summed E-state index contributed by atoms with van der Waals surface area (Å²) in [6, 6.07) is 5.73. The second-order valence-electron chi connectivity index (χ2n) is 7.91. The second-order valence-corrected chi connectivity index (χ2v) is 9.88. The van der Waals surface area contributed by atoms with Crippen molar-refractivity contribution in [3.05, 3.63) is 42.5 Å². The smallest absolute Gasteiger partial charge is 0.250 e. The van der Waals surface area contributed by atoms with Crippen LogP contribution in [0.15, 0.2) is 41.0 Å². The summed E-state index contributed by atoms with van der Waals surface area (Å²) in [7, 11) is 1.79. The van der Waals surface area contributed by atoms with Gasteiger partial charge in [0.15, 0.2) is 10.9 Å². The number of nitrogens with zero attached hydrogens (tertiary/aromatic N) is 6. The highest BCUT2D eigenvalue weighted by molar-refractivity contribution is 7.99. The Morgan fingerprint density at radius 2 is 2.06 bits per heavy atom. The molecule has 1 fully saturated rings. The van der Waals surface area contributed by atoms with Gasteiger partial charge in [-0.3, -0.25) is 20.2 Å². The maximum Gasteiger partial charge on any atom is 0.250 e. The Bertz CT molecular complexity index is 1100. The number of aromatic nitrogens is 4. The lowest BCUT2D eigenvalue weighted by Gasteiger charge is -2.43. The van der Waals surface area contributed by atoms with E-state index < -0.39 is 0 Å². The van der Waals surface area contributed by atoms with Gasteiger partial charge in [0.25, 0.3) is 0 Å². The van der Waals surface area contributed by atoms with Crippen molar-refractivity contribution in [2.45, 2.75) is 48.4 Å². The van der Waals surface area contributed by atoms with Gasteiger partial charge in [-0.15, -0.1) is 0 Å². The Hall–Kier alpha value is -2.76. The van der Waals surface area contributed by atoms with E-state index in [1.54, 1.807) is 30.5 Å². The van der Waals surface area contributed by atoms with Crippen LogP contribution in [0, 0.1) is 0 Å². The highest BCUT2D eigenvalue weighted by Gasteiger charge is 2.42. The molecule has 2 aliphatic rings. The Labute approximate surface area is 194 Å². The van der Waals surface area contributed by atoms with E-state index in [2.05, 4.69) is 25.2 Å². The Kier molecular flexibility index (Phi) is 5.94. The van der Waals surface area contributed by atoms with Gasteiger partial charge in [-0.2, -0.15) is 4.98 Å². The second kappa shape index (κ2) is 9.00. The Morgan fingerprint density at radius 1 is 1.22 bits per heavy atom. The lowest BCUT2D eigenvalue weighted by atomic mass is 10.0. The zero-order chi connectivity index (χ0) is 22.1. The standard InChI is InChI=1S/C21H24N8OS2/c1-28-16-11-24-20(27-21-25-12-17(31-21)32-22)26-18(16)29(14-7-2-3-8-14)15(19(28)30)10-13-6-4-5-9-23-13/h4-6,9,11-12,14-15H,2-3,7-8,10,22H2,1H3,(H,24,25,26,27)/t15-/m1/s1. The largest absolute Gasteiger partial charge is 0.339 e. The topological polar surface area (TPSA) is 113 Å². The summed E-state index contributed by atoms with van der Waals surface area (Å²) < 4.78 is 0.902. The molecule has 1 amide bonds. The van der Waals surface area contributed by atoms with E-state index in [1.807, 2.05) is 18.2 Å². The zero-order valence-electron chi connectivity index (χ0n) is 17.6. The first-order chi connectivity index (χ1) is 15.6. The molecule has 1 saturated carbocycles. The molecule has 3 N–H and O–H groups in total. The first-order valence-corrected chi connectivity index (χ1v) is 12.3. The van der Waals surface area contributed by atoms with E-state index in [0.717, 1.165) is 59.0 Å². The van der Waals surface area contributed by atoms with Crippen LogP contribution in [-0.4, -0.2) is 45.0 Å². The number of carbonyl (C=O) groups is 1. The number of amides is 1. The number of anilines is 4. The molecule has 4 heterocycles. The number of hydrogen-bond donors (Lipinski definition) is 2. The van der Waals surface area contributed by atoms with Gasteiger partial charge in [0.1, 0.15) is 11.7 Å². The highest BCUT2D eigenvalue weighted by Crippen LogP contribution is 2.40. The van der Waals surface area contributed by atoms with Crippen LogP contribution in [0.2, 0.25) is 0 Å². The number of likely N-dealkylation sites (N-methyl/N-ethyl adjacent to an activating group) is 1. The molecule has 32 heavy (non-hydrogen) atoms. The number of pyridine rings is 1. The average molecular weight is 469 g/mol. The van der Waals surface area contributed by atoms with Crippen LogP contribution in [0.25, 0.3) is 0 Å². The number of rotatable bonds is 6. The molecule has 0 bridgehead atoms. The van der Waals surface area contributed by atoms with Crippen molar-refractivity contribution in [1.82, 2.24) is 19.9 Å². The molecule has 1 aliphatic heterocycles. The summed E-state index contributed by atoms with van der Waals surface area (Å²) in [5.74, 6) is 1.28. The molecule has 3 aromatic heterocycles. The van der Waals surface area contributed by atoms with Crippen LogP contribution >= 0.6 is 23.3 Å². The molecule has 0 radical (unpaired) electrons. The number of thiazole rings is 1. The van der Waals surface area contributed by atoms with Crippen LogP contribution in [0.3, 0.4) is 0 Å². The normalized spacial score (nSPS) is 18.8. The number of nitrogens with one attached hydrogen (secondary N) is 1. The molecule has 5 rings (SSSR count). The summed E-state index contributed by atoms with van der Waals surface area (Å²) in [4.78, 5) is 35.4. The third kappa shape index (κ3) is 4.03. The molecule has 0 spiro atoms. The zero-order valence-corrected chi connectivity index (χ0v) is 19.3. The van der Waals surface area contributed by atoms with Gasteiger partial charge in [0.2, 0.25) is 11.9 Å². The van der Waals surface area contributed by atoms with Gasteiger partial charge >= 0.3 is 0 Å². The summed E-state index contributed by atoms with van der Waals surface area (Å²) >= 11 is 2.60. The van der Waals surface area contributed by atoms with E-state index in [1.165, 1.54) is 11.3 Å². The van der Waals surface area contributed by atoms with Gasteiger partial charge in [0, 0.05) is 31.4 Å². The van der Waals surface area contributed by atoms with E-state index in [4.69, 9.17) is 10.1 Å². The molecule has 11 heteroatoms. The maximum atomic E-state index is 13.4. The van der Waals surface area contributed by atoms with Crippen LogP contribution in [0.4, 0.5) is 22.6 Å². The van der Waals surface area contributed by atoms with Gasteiger partial charge in [-0.05, 0) is 36.9 Å². The van der Waals surface area contributed by atoms with Crippen molar-refractivity contribution in [1.29, 1.82) is 0 Å². The molecule has 0 saturated heterocycles. The SMILES string of the molecule is CN1C(=O)[C@@H](Cc2ccccn2)N(C2CCCC2)c2nc(Nc3ncc(SN)s3)ncc21. The molecular weight excluding hydrogens is 444 g/mol. The van der Waals surface area contributed by atoms with Crippen molar-refractivity contribution in [2.24, 2.45) is 5.14 Å². The van der Waals surface area contributed by atoms with Gasteiger partial charge < -0.3 is 9.80 Å². The summed E-state index contributed by atoms with van der Waals surface area (Å²) in [6.45, 7) is 0. The number of fused-ring (bicyclic) bond motifs is 1. The molecule has 0 unspecified atom stereocenters. The first kappa shape index (κ1) is 21.1. The van der Waals surface area contributed by atoms with E-state index in [0.29, 0.717) is 17.5 Å². The minimum atomic E-state index is -0.353. The van der Waals surface area contributed by atoms with Crippen molar-refractivity contribution in [2.75, 3.05) is 22.2 Å². The lowest BCUT2D eigenvalue weighted by molar-refractivity contribution is -0.120. The number of carbonyl (C=O) groups excluding carboxylic acids is 1. The van der Waals surface area contributed by atoms with E-state index >= 15 is 0 Å². The number of hydrogen-bond acceptors (Lipinski definition) is 10. The monoisotopic (exact) mass is 468 g/mol. The molecule has 1 atom stereocenters. The predicted molar refractivity (Wildman–Crippen MR) is 127 cm³/mol. The third-order valence-corrected chi connectivity index (χ3v) is 7.56. The first-order valence-electron chi connectivity index (χ1n) is 10.6. The summed E-state index contributed by atoms with van der Waals surface area (Å²) in [5, 5.41) is 9.48. The van der Waals surface area contributed by atoms with Crippen LogP contribution in [0.1, 0.15) is 31.4 Å². The van der Waals surface area contributed by atoms with E-state index in [-0.39, 0.29) is 18.0 Å². The van der Waals surface area contributed by atoms with Crippen LogP contribution in [-0.2, 0) is 11.2 Å². The van der Waals surface area contributed by atoms with Gasteiger partial charge in [-0.1, -0.05) is 30.2 Å². The molecular formula is C21H24N8OS2. The van der Waals surface area contributed by atoms with Crippen LogP contribution < -0.4 is 20.3 Å².